The average Bonchev–Trinajstić information content (AvgIpc) is 2.83. The number of rotatable bonds is 7. The third kappa shape index (κ3) is 5.04. The Morgan fingerprint density at radius 1 is 1.47 bits per heavy atom. The Bertz CT molecular complexity index is 433. The van der Waals surface area contributed by atoms with Gasteiger partial charge in [-0.15, -0.1) is 0 Å². The van der Waals surface area contributed by atoms with Crippen molar-refractivity contribution in [2.45, 2.75) is 13.3 Å². The van der Waals surface area contributed by atoms with E-state index in [4.69, 9.17) is 9.52 Å². The smallest absolute Gasteiger partial charge is 0.287 e. The summed E-state index contributed by atoms with van der Waals surface area (Å²) in [6.45, 7) is 2.82. The monoisotopic (exact) mass is 332 g/mol. The first-order chi connectivity index (χ1) is 9.08. The largest absolute Gasteiger partial charge is 0.444 e. The van der Waals surface area contributed by atoms with Crippen LogP contribution in [0.15, 0.2) is 21.2 Å². The van der Waals surface area contributed by atoms with Gasteiger partial charge in [0.05, 0.1) is 6.54 Å². The molecule has 0 spiro atoms. The quantitative estimate of drug-likeness (QED) is 0.780. The van der Waals surface area contributed by atoms with Crippen LogP contribution >= 0.6 is 15.9 Å². The standard InChI is InChI=1S/C12H17BrN2O4/c1-2-15(6-3-7-16)11(17)8-14-12(18)9-4-5-10(13)19-9/h4-5,16H,2-3,6-8H2,1H3,(H,14,18). The third-order valence-corrected chi connectivity index (χ3v) is 2.94. The van der Waals surface area contributed by atoms with Gasteiger partial charge in [0.1, 0.15) is 0 Å². The molecular weight excluding hydrogens is 316 g/mol. The van der Waals surface area contributed by atoms with E-state index in [1.165, 1.54) is 6.07 Å². The fourth-order valence-electron chi connectivity index (χ4n) is 1.51. The van der Waals surface area contributed by atoms with Crippen LogP contribution < -0.4 is 5.32 Å². The molecule has 0 aliphatic rings. The van der Waals surface area contributed by atoms with Crippen LogP contribution in [-0.2, 0) is 4.79 Å². The summed E-state index contributed by atoms with van der Waals surface area (Å²) in [4.78, 5) is 25.0. The summed E-state index contributed by atoms with van der Waals surface area (Å²) in [5, 5.41) is 11.2. The molecule has 0 aliphatic heterocycles. The Morgan fingerprint density at radius 2 is 2.21 bits per heavy atom. The Morgan fingerprint density at radius 3 is 2.74 bits per heavy atom. The highest BCUT2D eigenvalue weighted by Gasteiger charge is 2.15. The maximum atomic E-state index is 11.8. The first-order valence-electron chi connectivity index (χ1n) is 6.00. The summed E-state index contributed by atoms with van der Waals surface area (Å²) in [7, 11) is 0. The molecule has 0 bridgehead atoms. The van der Waals surface area contributed by atoms with Crippen LogP contribution in [0, 0.1) is 0 Å². The van der Waals surface area contributed by atoms with Crippen molar-refractivity contribution in [3.8, 4) is 0 Å². The number of halogens is 1. The number of hydrogen-bond acceptors (Lipinski definition) is 4. The third-order valence-electron chi connectivity index (χ3n) is 2.52. The molecule has 106 valence electrons. The Hall–Kier alpha value is -1.34. The number of aliphatic hydroxyl groups is 1. The SMILES string of the molecule is CCN(CCCO)C(=O)CNC(=O)c1ccc(Br)o1. The van der Waals surface area contributed by atoms with Crippen LogP contribution in [0.4, 0.5) is 0 Å². The van der Waals surface area contributed by atoms with Crippen LogP contribution in [0.5, 0.6) is 0 Å². The first kappa shape index (κ1) is 15.7. The number of amides is 2. The lowest BCUT2D eigenvalue weighted by Crippen LogP contribution is -2.40. The molecule has 1 aromatic heterocycles. The van der Waals surface area contributed by atoms with Gasteiger partial charge in [0.25, 0.3) is 5.91 Å². The fourth-order valence-corrected chi connectivity index (χ4v) is 1.82. The molecule has 1 rings (SSSR count). The van der Waals surface area contributed by atoms with Crippen molar-refractivity contribution < 1.29 is 19.1 Å². The molecule has 0 aliphatic carbocycles. The Labute approximate surface area is 119 Å². The summed E-state index contributed by atoms with van der Waals surface area (Å²) in [5.74, 6) is -0.467. The van der Waals surface area contributed by atoms with E-state index in [-0.39, 0.29) is 24.8 Å². The average molecular weight is 333 g/mol. The lowest BCUT2D eigenvalue weighted by Gasteiger charge is -2.20. The zero-order chi connectivity index (χ0) is 14.3. The van der Waals surface area contributed by atoms with Crippen LogP contribution in [0.3, 0.4) is 0 Å². The maximum Gasteiger partial charge on any atom is 0.287 e. The van der Waals surface area contributed by atoms with Gasteiger partial charge in [-0.1, -0.05) is 0 Å². The topological polar surface area (TPSA) is 82.8 Å². The summed E-state index contributed by atoms with van der Waals surface area (Å²) < 4.78 is 5.54. The molecule has 1 heterocycles. The minimum Gasteiger partial charge on any atom is -0.444 e. The molecular formula is C12H17BrN2O4. The van der Waals surface area contributed by atoms with E-state index in [1.54, 1.807) is 11.0 Å². The minimum atomic E-state index is -0.433. The van der Waals surface area contributed by atoms with Gasteiger partial charge in [-0.25, -0.2) is 0 Å². The number of hydrogen-bond donors (Lipinski definition) is 2. The van der Waals surface area contributed by atoms with Gasteiger partial charge in [-0.3, -0.25) is 9.59 Å². The molecule has 0 radical (unpaired) electrons. The zero-order valence-electron chi connectivity index (χ0n) is 10.7. The van der Waals surface area contributed by atoms with Crippen molar-refractivity contribution >= 4 is 27.7 Å². The van der Waals surface area contributed by atoms with Gasteiger partial charge in [0.15, 0.2) is 10.4 Å². The fraction of sp³-hybridized carbons (Fsp3) is 0.500. The number of likely N-dealkylation sites (N-methyl/N-ethyl adjacent to an activating group) is 1. The molecule has 1 aromatic rings. The van der Waals surface area contributed by atoms with Gasteiger partial charge in [0, 0.05) is 19.7 Å². The molecule has 6 nitrogen and oxygen atoms in total. The van der Waals surface area contributed by atoms with Crippen LogP contribution in [-0.4, -0.2) is 48.1 Å². The van der Waals surface area contributed by atoms with E-state index in [0.717, 1.165) is 0 Å². The zero-order valence-corrected chi connectivity index (χ0v) is 12.3. The molecule has 7 heteroatoms. The molecule has 0 aromatic carbocycles. The number of nitrogens with zero attached hydrogens (tertiary/aromatic N) is 1. The van der Waals surface area contributed by atoms with E-state index in [1.807, 2.05) is 6.92 Å². The van der Waals surface area contributed by atoms with Crippen molar-refractivity contribution in [1.82, 2.24) is 10.2 Å². The van der Waals surface area contributed by atoms with Crippen molar-refractivity contribution in [3.05, 3.63) is 22.6 Å². The highest BCUT2D eigenvalue weighted by Crippen LogP contribution is 2.13. The molecule has 0 saturated carbocycles. The lowest BCUT2D eigenvalue weighted by molar-refractivity contribution is -0.130. The predicted molar refractivity (Wildman–Crippen MR) is 72.7 cm³/mol. The van der Waals surface area contributed by atoms with Gasteiger partial charge < -0.3 is 19.7 Å². The summed E-state index contributed by atoms with van der Waals surface area (Å²) >= 11 is 3.10. The van der Waals surface area contributed by atoms with Crippen molar-refractivity contribution in [2.75, 3.05) is 26.2 Å². The van der Waals surface area contributed by atoms with Crippen LogP contribution in [0.25, 0.3) is 0 Å². The first-order valence-corrected chi connectivity index (χ1v) is 6.80. The number of carbonyl (C=O) groups excluding carboxylic acids is 2. The second kappa shape index (κ2) is 7.96. The van der Waals surface area contributed by atoms with Gasteiger partial charge >= 0.3 is 0 Å². The number of furan rings is 1. The molecule has 0 atom stereocenters. The van der Waals surface area contributed by atoms with Crippen molar-refractivity contribution in [1.29, 1.82) is 0 Å². The molecule has 19 heavy (non-hydrogen) atoms. The van der Waals surface area contributed by atoms with E-state index in [2.05, 4.69) is 21.2 Å². The van der Waals surface area contributed by atoms with E-state index in [9.17, 15) is 9.59 Å². The predicted octanol–water partition coefficient (Wildman–Crippen LogP) is 1.00. The van der Waals surface area contributed by atoms with Gasteiger partial charge in [-0.2, -0.15) is 0 Å². The summed E-state index contributed by atoms with van der Waals surface area (Å²) in [6.07, 6.45) is 0.526. The lowest BCUT2D eigenvalue weighted by atomic mass is 10.3. The van der Waals surface area contributed by atoms with E-state index >= 15 is 0 Å². The van der Waals surface area contributed by atoms with E-state index in [0.29, 0.717) is 24.2 Å². The molecule has 0 saturated heterocycles. The number of carbonyl (C=O) groups is 2. The number of aliphatic hydroxyl groups excluding tert-OH is 1. The highest BCUT2D eigenvalue weighted by molar-refractivity contribution is 9.10. The van der Waals surface area contributed by atoms with Crippen LogP contribution in [0.2, 0.25) is 0 Å². The molecule has 0 fully saturated rings. The summed E-state index contributed by atoms with van der Waals surface area (Å²) in [6, 6.07) is 3.13. The highest BCUT2D eigenvalue weighted by atomic mass is 79.9. The molecule has 2 amide bonds. The van der Waals surface area contributed by atoms with Crippen molar-refractivity contribution in [3.63, 3.8) is 0 Å². The molecule has 0 unspecified atom stereocenters. The van der Waals surface area contributed by atoms with Gasteiger partial charge in [-0.05, 0) is 41.4 Å². The minimum absolute atomic E-state index is 0.0383. The normalized spacial score (nSPS) is 10.3. The summed E-state index contributed by atoms with van der Waals surface area (Å²) in [5.41, 5.74) is 0. The van der Waals surface area contributed by atoms with Crippen LogP contribution in [0.1, 0.15) is 23.9 Å². The molecule has 2 N–H and O–H groups in total. The second-order valence-corrected chi connectivity index (χ2v) is 4.62. The van der Waals surface area contributed by atoms with E-state index < -0.39 is 5.91 Å². The maximum absolute atomic E-state index is 11.8. The Balaban J connectivity index is 2.42. The number of nitrogens with one attached hydrogen (secondary N) is 1. The van der Waals surface area contributed by atoms with Crippen molar-refractivity contribution in [2.24, 2.45) is 0 Å². The Kier molecular flexibility index (Phi) is 6.58. The second-order valence-electron chi connectivity index (χ2n) is 3.84. The van der Waals surface area contributed by atoms with Gasteiger partial charge in [0.2, 0.25) is 5.91 Å².